The maximum atomic E-state index is 12.6. The third-order valence-electron chi connectivity index (χ3n) is 5.17. The van der Waals surface area contributed by atoms with Crippen LogP contribution in [0.15, 0.2) is 24.3 Å². The van der Waals surface area contributed by atoms with E-state index in [-0.39, 0.29) is 12.1 Å². The number of hydrogen-bond acceptors (Lipinski definition) is 4. The number of aliphatic hydroxyl groups excluding tert-OH is 1. The summed E-state index contributed by atoms with van der Waals surface area (Å²) in [5.41, 5.74) is 1.12. The number of methoxy groups -OCH3 is 1. The van der Waals surface area contributed by atoms with Crippen LogP contribution >= 0.6 is 0 Å². The topological polar surface area (TPSA) is 65.0 Å². The fraction of sp³-hybridized carbons (Fsp3) is 0.650. The zero-order valence-corrected chi connectivity index (χ0v) is 15.7. The lowest BCUT2D eigenvalue weighted by molar-refractivity contribution is 0.0701. The van der Waals surface area contributed by atoms with Crippen LogP contribution in [0.4, 0.5) is 4.79 Å². The van der Waals surface area contributed by atoms with Crippen LogP contribution in [0.5, 0.6) is 5.75 Å². The van der Waals surface area contributed by atoms with E-state index in [9.17, 15) is 9.90 Å². The van der Waals surface area contributed by atoms with Gasteiger partial charge >= 0.3 is 6.03 Å². The predicted molar refractivity (Wildman–Crippen MR) is 101 cm³/mol. The lowest BCUT2D eigenvalue weighted by Gasteiger charge is -2.30. The smallest absolute Gasteiger partial charge is 0.317 e. The van der Waals surface area contributed by atoms with Gasteiger partial charge in [0.1, 0.15) is 5.75 Å². The number of ether oxygens (including phenoxy) is 1. The van der Waals surface area contributed by atoms with Gasteiger partial charge in [-0.05, 0) is 62.9 Å². The van der Waals surface area contributed by atoms with E-state index in [0.29, 0.717) is 19.1 Å². The number of rotatable bonds is 8. The molecule has 1 saturated carbocycles. The average molecular weight is 361 g/mol. The standard InChI is InChI=1S/C20H31N3O3/c1-26-19-9-5-16(6-10-19)14-23(17-7-8-17)20(25)21-11-3-13-22-12-2-4-18(24)15-22/h5-6,9-10,17-18,24H,2-4,7-8,11-15H2,1H3,(H,21,25). The van der Waals surface area contributed by atoms with E-state index in [0.717, 1.165) is 63.1 Å². The number of likely N-dealkylation sites (tertiary alicyclic amines) is 1. The first kappa shape index (κ1) is 19.0. The number of carbonyl (C=O) groups is 1. The normalized spacial score (nSPS) is 20.6. The van der Waals surface area contributed by atoms with Crippen LogP contribution in [0.2, 0.25) is 0 Å². The molecule has 26 heavy (non-hydrogen) atoms. The maximum absolute atomic E-state index is 12.6. The van der Waals surface area contributed by atoms with Crippen LogP contribution < -0.4 is 10.1 Å². The summed E-state index contributed by atoms with van der Waals surface area (Å²) >= 11 is 0. The summed E-state index contributed by atoms with van der Waals surface area (Å²) in [7, 11) is 1.66. The third kappa shape index (κ3) is 5.61. The van der Waals surface area contributed by atoms with Gasteiger partial charge in [-0.3, -0.25) is 0 Å². The first-order valence-electron chi connectivity index (χ1n) is 9.73. The molecule has 3 rings (SSSR count). The molecule has 1 aromatic rings. The summed E-state index contributed by atoms with van der Waals surface area (Å²) in [6.07, 6.45) is 4.89. The fourth-order valence-electron chi connectivity index (χ4n) is 3.51. The summed E-state index contributed by atoms with van der Waals surface area (Å²) in [5, 5.41) is 12.8. The summed E-state index contributed by atoms with van der Waals surface area (Å²) in [6.45, 7) is 4.06. The Morgan fingerprint density at radius 3 is 2.73 bits per heavy atom. The van der Waals surface area contributed by atoms with Gasteiger partial charge in [0, 0.05) is 25.7 Å². The van der Waals surface area contributed by atoms with E-state index in [2.05, 4.69) is 10.2 Å². The Labute approximate surface area is 156 Å². The Morgan fingerprint density at radius 1 is 1.31 bits per heavy atom. The number of amides is 2. The molecule has 0 radical (unpaired) electrons. The molecule has 0 bridgehead atoms. The SMILES string of the molecule is COc1ccc(CN(C(=O)NCCCN2CCCC(O)C2)C2CC2)cc1. The Hall–Kier alpha value is -1.79. The molecular weight excluding hydrogens is 330 g/mol. The van der Waals surface area contributed by atoms with Gasteiger partial charge in [-0.15, -0.1) is 0 Å². The van der Waals surface area contributed by atoms with Crippen LogP contribution in [0.1, 0.15) is 37.7 Å². The molecule has 2 fully saturated rings. The molecular formula is C20H31N3O3. The molecule has 1 aliphatic heterocycles. The largest absolute Gasteiger partial charge is 0.497 e. The van der Waals surface area contributed by atoms with E-state index in [1.807, 2.05) is 29.2 Å². The van der Waals surface area contributed by atoms with E-state index < -0.39 is 0 Å². The van der Waals surface area contributed by atoms with Crippen molar-refractivity contribution in [3.05, 3.63) is 29.8 Å². The molecule has 144 valence electrons. The van der Waals surface area contributed by atoms with Crippen molar-refractivity contribution in [2.75, 3.05) is 33.3 Å². The van der Waals surface area contributed by atoms with Crippen LogP contribution in [0.3, 0.4) is 0 Å². The van der Waals surface area contributed by atoms with Crippen molar-refractivity contribution in [2.45, 2.75) is 50.8 Å². The zero-order chi connectivity index (χ0) is 18.4. The Bertz CT molecular complexity index is 574. The lowest BCUT2D eigenvalue weighted by atomic mass is 10.1. The van der Waals surface area contributed by atoms with Gasteiger partial charge in [-0.25, -0.2) is 4.79 Å². The highest BCUT2D eigenvalue weighted by Crippen LogP contribution is 2.28. The van der Waals surface area contributed by atoms with E-state index in [4.69, 9.17) is 4.74 Å². The molecule has 1 aliphatic carbocycles. The Morgan fingerprint density at radius 2 is 2.08 bits per heavy atom. The Kier molecular flexibility index (Phi) is 6.74. The van der Waals surface area contributed by atoms with Crippen molar-refractivity contribution in [2.24, 2.45) is 0 Å². The summed E-state index contributed by atoms with van der Waals surface area (Å²) in [6, 6.07) is 8.31. The number of piperidine rings is 1. The van der Waals surface area contributed by atoms with Crippen molar-refractivity contribution in [1.29, 1.82) is 0 Å². The molecule has 2 amide bonds. The average Bonchev–Trinajstić information content (AvgIpc) is 3.49. The number of hydrogen-bond donors (Lipinski definition) is 2. The van der Waals surface area contributed by atoms with Crippen molar-refractivity contribution < 1.29 is 14.6 Å². The van der Waals surface area contributed by atoms with Crippen LogP contribution in [-0.4, -0.2) is 66.4 Å². The Balaban J connectivity index is 1.42. The monoisotopic (exact) mass is 361 g/mol. The molecule has 2 N–H and O–H groups in total. The van der Waals surface area contributed by atoms with Gasteiger partial charge < -0.3 is 25.0 Å². The minimum atomic E-state index is -0.187. The van der Waals surface area contributed by atoms with Gasteiger partial charge in [-0.2, -0.15) is 0 Å². The fourth-order valence-corrected chi connectivity index (χ4v) is 3.51. The molecule has 6 nitrogen and oxygen atoms in total. The zero-order valence-electron chi connectivity index (χ0n) is 15.7. The van der Waals surface area contributed by atoms with E-state index >= 15 is 0 Å². The molecule has 1 atom stereocenters. The van der Waals surface area contributed by atoms with Crippen molar-refractivity contribution in [1.82, 2.24) is 15.1 Å². The second kappa shape index (κ2) is 9.24. The van der Waals surface area contributed by atoms with Gasteiger partial charge in [0.25, 0.3) is 0 Å². The molecule has 1 saturated heterocycles. The van der Waals surface area contributed by atoms with E-state index in [1.165, 1.54) is 0 Å². The minimum Gasteiger partial charge on any atom is -0.497 e. The summed E-state index contributed by atoms with van der Waals surface area (Å²) in [4.78, 5) is 16.8. The van der Waals surface area contributed by atoms with Crippen LogP contribution in [0, 0.1) is 0 Å². The number of β-amino-alcohol motifs (C(OH)–C–C–N with tert-alkyl or cyclic N) is 1. The van der Waals surface area contributed by atoms with Gasteiger partial charge in [0.2, 0.25) is 0 Å². The van der Waals surface area contributed by atoms with Gasteiger partial charge in [-0.1, -0.05) is 12.1 Å². The molecule has 6 heteroatoms. The van der Waals surface area contributed by atoms with Gasteiger partial charge in [0.15, 0.2) is 0 Å². The number of aliphatic hydroxyl groups is 1. The second-order valence-electron chi connectivity index (χ2n) is 7.39. The highest BCUT2D eigenvalue weighted by molar-refractivity contribution is 5.74. The number of carbonyl (C=O) groups excluding carboxylic acids is 1. The molecule has 0 aromatic heterocycles. The lowest BCUT2D eigenvalue weighted by Crippen LogP contribution is -2.43. The maximum Gasteiger partial charge on any atom is 0.317 e. The molecule has 0 spiro atoms. The summed E-state index contributed by atoms with van der Waals surface area (Å²) < 4.78 is 5.19. The molecule has 1 unspecified atom stereocenters. The number of nitrogens with zero attached hydrogens (tertiary/aromatic N) is 2. The van der Waals surface area contributed by atoms with Crippen LogP contribution in [0.25, 0.3) is 0 Å². The molecule has 2 aliphatic rings. The van der Waals surface area contributed by atoms with Gasteiger partial charge in [0.05, 0.1) is 13.2 Å². The molecule has 1 heterocycles. The highest BCUT2D eigenvalue weighted by Gasteiger charge is 2.32. The molecule has 1 aromatic carbocycles. The number of nitrogens with one attached hydrogen (secondary N) is 1. The highest BCUT2D eigenvalue weighted by atomic mass is 16.5. The van der Waals surface area contributed by atoms with Crippen molar-refractivity contribution in [3.8, 4) is 5.75 Å². The predicted octanol–water partition coefficient (Wildman–Crippen LogP) is 2.22. The number of benzene rings is 1. The van der Waals surface area contributed by atoms with Crippen molar-refractivity contribution >= 4 is 6.03 Å². The van der Waals surface area contributed by atoms with Crippen molar-refractivity contribution in [3.63, 3.8) is 0 Å². The van der Waals surface area contributed by atoms with E-state index in [1.54, 1.807) is 7.11 Å². The summed E-state index contributed by atoms with van der Waals surface area (Å²) in [5.74, 6) is 0.832. The van der Waals surface area contributed by atoms with Crippen LogP contribution in [-0.2, 0) is 6.54 Å². The number of urea groups is 1. The second-order valence-corrected chi connectivity index (χ2v) is 7.39. The third-order valence-corrected chi connectivity index (χ3v) is 5.17. The first-order valence-corrected chi connectivity index (χ1v) is 9.73. The quantitative estimate of drug-likeness (QED) is 0.697. The first-order chi connectivity index (χ1) is 12.7. The minimum absolute atomic E-state index is 0.0296.